The van der Waals surface area contributed by atoms with Crippen LogP contribution in [0, 0.1) is 0 Å². The number of aromatic nitrogens is 1. The van der Waals surface area contributed by atoms with E-state index in [0.29, 0.717) is 17.4 Å². The Balaban J connectivity index is 2.81. The number of nitrogens with zero attached hydrogens (tertiary/aromatic N) is 1. The van der Waals surface area contributed by atoms with Crippen molar-refractivity contribution in [2.45, 2.75) is 13.5 Å². The van der Waals surface area contributed by atoms with E-state index in [4.69, 9.17) is 0 Å². The van der Waals surface area contributed by atoms with Crippen LogP contribution in [-0.4, -0.2) is 4.57 Å². The summed E-state index contributed by atoms with van der Waals surface area (Å²) in [6.07, 6.45) is 3.67. The van der Waals surface area contributed by atoms with E-state index in [9.17, 15) is 9.59 Å². The predicted octanol–water partition coefficient (Wildman–Crippen LogP) is 1.53. The molecule has 0 bridgehead atoms. The van der Waals surface area contributed by atoms with E-state index in [0.717, 1.165) is 0 Å². The van der Waals surface area contributed by atoms with Gasteiger partial charge in [0.1, 0.15) is 0 Å². The first-order chi connectivity index (χ1) is 7.74. The van der Waals surface area contributed by atoms with Gasteiger partial charge < -0.3 is 4.42 Å². The van der Waals surface area contributed by atoms with Crippen LogP contribution in [0.3, 0.4) is 0 Å². The largest absolute Gasteiger partial charge is 0.422 e. The highest BCUT2D eigenvalue weighted by molar-refractivity contribution is 5.77. The van der Waals surface area contributed by atoms with E-state index in [1.54, 1.807) is 24.3 Å². The molecule has 0 unspecified atom stereocenters. The summed E-state index contributed by atoms with van der Waals surface area (Å²) in [5.41, 5.74) is 0.0131. The fourth-order valence-electron chi connectivity index (χ4n) is 1.55. The molecule has 2 rings (SSSR count). The summed E-state index contributed by atoms with van der Waals surface area (Å²) in [6.45, 7) is 2.27. The highest BCUT2D eigenvalue weighted by Gasteiger charge is 2.06. The average Bonchev–Trinajstić information content (AvgIpc) is 2.29. The number of hydrogen-bond acceptors (Lipinski definition) is 3. The third-order valence-electron chi connectivity index (χ3n) is 2.34. The van der Waals surface area contributed by atoms with Gasteiger partial charge in [-0.05, 0) is 19.1 Å². The Morgan fingerprint density at radius 3 is 2.81 bits per heavy atom. The molecule has 0 radical (unpaired) electrons. The van der Waals surface area contributed by atoms with Crippen LogP contribution in [0.4, 0.5) is 0 Å². The second-order valence-electron chi connectivity index (χ2n) is 3.35. The maximum Gasteiger partial charge on any atom is 0.422 e. The Hall–Kier alpha value is -2.10. The molecule has 0 saturated carbocycles. The summed E-state index contributed by atoms with van der Waals surface area (Å²) in [5.74, 6) is -0.623. The first kappa shape index (κ1) is 10.4. The van der Waals surface area contributed by atoms with E-state index in [1.165, 1.54) is 4.57 Å². The van der Waals surface area contributed by atoms with Crippen LogP contribution in [0.1, 0.15) is 6.92 Å². The van der Waals surface area contributed by atoms with Crippen molar-refractivity contribution in [3.63, 3.8) is 0 Å². The summed E-state index contributed by atoms with van der Waals surface area (Å²) < 4.78 is 6.06. The number of hydrogen-bond donors (Lipinski definition) is 0. The van der Waals surface area contributed by atoms with E-state index in [2.05, 4.69) is 4.42 Å². The lowest BCUT2D eigenvalue weighted by Crippen LogP contribution is -2.24. The highest BCUT2D eigenvalue weighted by Crippen LogP contribution is 2.06. The number of benzene rings is 1. The van der Waals surface area contributed by atoms with Crippen molar-refractivity contribution in [3.8, 4) is 0 Å². The van der Waals surface area contributed by atoms with Crippen LogP contribution in [0.2, 0.25) is 0 Å². The van der Waals surface area contributed by atoms with Gasteiger partial charge in [-0.15, -0.1) is 0 Å². The first-order valence-electron chi connectivity index (χ1n) is 4.98. The molecule has 0 aliphatic carbocycles. The highest BCUT2D eigenvalue weighted by atomic mass is 16.4. The Bertz CT molecular complexity index is 649. The normalized spacial score (nSPS) is 11.3. The lowest BCUT2D eigenvalue weighted by atomic mass is 10.2. The molecular formula is C12H11NO3. The minimum atomic E-state index is -0.623. The minimum absolute atomic E-state index is 0.402. The smallest absolute Gasteiger partial charge is 0.372 e. The second kappa shape index (κ2) is 4.18. The predicted molar refractivity (Wildman–Crippen MR) is 61.6 cm³/mol. The van der Waals surface area contributed by atoms with Gasteiger partial charge in [0.25, 0.3) is 0 Å². The molecule has 82 valence electrons. The maximum atomic E-state index is 11.5. The van der Waals surface area contributed by atoms with Crippen molar-refractivity contribution >= 4 is 10.9 Å². The second-order valence-corrected chi connectivity index (χ2v) is 3.35. The quantitative estimate of drug-likeness (QED) is 0.717. The van der Waals surface area contributed by atoms with Crippen molar-refractivity contribution in [1.29, 1.82) is 0 Å². The summed E-state index contributed by atoms with van der Waals surface area (Å²) >= 11 is 0. The Morgan fingerprint density at radius 1 is 1.31 bits per heavy atom. The molecule has 0 atom stereocenters. The van der Waals surface area contributed by atoms with Gasteiger partial charge in [0.05, 0.1) is 10.9 Å². The van der Waals surface area contributed by atoms with Crippen LogP contribution in [0.5, 0.6) is 0 Å². The fourth-order valence-corrected chi connectivity index (χ4v) is 1.55. The standard InChI is InChI=1S/C12H11NO3/c1-2-3-8-13-10-7-5-4-6-9(10)11(14)16-12(13)15/h2-7H,8H2,1H3/b3-2+. The molecule has 0 amide bonds. The van der Waals surface area contributed by atoms with Gasteiger partial charge in [-0.25, -0.2) is 9.59 Å². The molecule has 0 aliphatic rings. The van der Waals surface area contributed by atoms with Gasteiger partial charge in [0.2, 0.25) is 0 Å². The van der Waals surface area contributed by atoms with Crippen molar-refractivity contribution in [2.75, 3.05) is 0 Å². The van der Waals surface area contributed by atoms with Crippen LogP contribution >= 0.6 is 0 Å². The molecule has 16 heavy (non-hydrogen) atoms. The Kier molecular flexibility index (Phi) is 2.72. The van der Waals surface area contributed by atoms with E-state index < -0.39 is 11.4 Å². The third kappa shape index (κ3) is 1.69. The Labute approximate surface area is 91.4 Å². The summed E-state index contributed by atoms with van der Waals surface area (Å²) in [7, 11) is 0. The molecule has 4 heteroatoms. The first-order valence-corrected chi connectivity index (χ1v) is 4.98. The molecular weight excluding hydrogens is 206 g/mol. The lowest BCUT2D eigenvalue weighted by Gasteiger charge is -2.04. The number of fused-ring (bicyclic) bond motifs is 1. The van der Waals surface area contributed by atoms with Crippen molar-refractivity contribution in [1.82, 2.24) is 4.57 Å². The molecule has 4 nitrogen and oxygen atoms in total. The summed E-state index contributed by atoms with van der Waals surface area (Å²) in [4.78, 5) is 22.9. The van der Waals surface area contributed by atoms with Crippen molar-refractivity contribution in [2.24, 2.45) is 0 Å². The number of rotatable bonds is 2. The monoisotopic (exact) mass is 217 g/mol. The Morgan fingerprint density at radius 2 is 2.06 bits per heavy atom. The summed E-state index contributed by atoms with van der Waals surface area (Å²) in [6, 6.07) is 6.90. The zero-order valence-electron chi connectivity index (χ0n) is 8.84. The SMILES string of the molecule is C/C=C/Cn1c(=O)oc(=O)c2ccccc21. The van der Waals surface area contributed by atoms with Crippen molar-refractivity contribution in [3.05, 3.63) is 57.4 Å². The van der Waals surface area contributed by atoms with Gasteiger partial charge >= 0.3 is 11.4 Å². The molecule has 1 aromatic heterocycles. The topological polar surface area (TPSA) is 52.2 Å². The molecule has 1 aromatic carbocycles. The molecule has 2 aromatic rings. The maximum absolute atomic E-state index is 11.5. The van der Waals surface area contributed by atoms with E-state index in [1.807, 2.05) is 19.1 Å². The van der Waals surface area contributed by atoms with Gasteiger partial charge in [0, 0.05) is 6.54 Å². The van der Waals surface area contributed by atoms with Gasteiger partial charge in [0.15, 0.2) is 0 Å². The van der Waals surface area contributed by atoms with Crippen LogP contribution in [0.15, 0.2) is 50.4 Å². The zero-order chi connectivity index (χ0) is 11.5. The van der Waals surface area contributed by atoms with Gasteiger partial charge in [-0.2, -0.15) is 0 Å². The molecule has 0 N–H and O–H groups in total. The molecule has 0 aliphatic heterocycles. The van der Waals surface area contributed by atoms with Crippen LogP contribution in [0.25, 0.3) is 10.9 Å². The lowest BCUT2D eigenvalue weighted by molar-refractivity contribution is 0.426. The zero-order valence-corrected chi connectivity index (χ0v) is 8.84. The molecule has 0 saturated heterocycles. The number of allylic oxidation sites excluding steroid dienone is 2. The third-order valence-corrected chi connectivity index (χ3v) is 2.34. The molecule has 0 fully saturated rings. The van der Waals surface area contributed by atoms with E-state index in [-0.39, 0.29) is 0 Å². The van der Waals surface area contributed by atoms with Gasteiger partial charge in [-0.1, -0.05) is 24.3 Å². The van der Waals surface area contributed by atoms with Crippen LogP contribution < -0.4 is 11.4 Å². The summed E-state index contributed by atoms with van der Waals surface area (Å²) in [5, 5.41) is 0.423. The number of para-hydroxylation sites is 1. The van der Waals surface area contributed by atoms with E-state index >= 15 is 0 Å². The molecule has 1 heterocycles. The van der Waals surface area contributed by atoms with Crippen LogP contribution in [-0.2, 0) is 6.54 Å². The van der Waals surface area contributed by atoms with Gasteiger partial charge in [-0.3, -0.25) is 4.57 Å². The average molecular weight is 217 g/mol. The minimum Gasteiger partial charge on any atom is -0.372 e. The molecule has 0 spiro atoms. The van der Waals surface area contributed by atoms with Crippen molar-refractivity contribution < 1.29 is 4.42 Å². The fraction of sp³-hybridized carbons (Fsp3) is 0.167.